The van der Waals surface area contributed by atoms with Crippen LogP contribution in [-0.2, 0) is 13.0 Å². The van der Waals surface area contributed by atoms with E-state index in [1.807, 2.05) is 11.3 Å². The first kappa shape index (κ1) is 14.0. The Bertz CT molecular complexity index is 350. The summed E-state index contributed by atoms with van der Waals surface area (Å²) in [7, 11) is 0. The van der Waals surface area contributed by atoms with Gasteiger partial charge < -0.3 is 10.4 Å². The van der Waals surface area contributed by atoms with Gasteiger partial charge in [-0.15, -0.1) is 11.3 Å². The SMILES string of the molecule is CCc1ccc(CNCC2CCCCC2CO)s1. The number of aliphatic hydroxyl groups is 1. The van der Waals surface area contributed by atoms with Gasteiger partial charge in [0, 0.05) is 22.9 Å². The van der Waals surface area contributed by atoms with Gasteiger partial charge in [-0.3, -0.25) is 0 Å². The Kier molecular flexibility index (Phi) is 5.67. The minimum atomic E-state index is 0.366. The maximum absolute atomic E-state index is 9.39. The van der Waals surface area contributed by atoms with Gasteiger partial charge in [0.15, 0.2) is 0 Å². The van der Waals surface area contributed by atoms with Crippen molar-refractivity contribution in [2.45, 2.75) is 45.6 Å². The van der Waals surface area contributed by atoms with Crippen molar-refractivity contribution in [2.24, 2.45) is 11.8 Å². The highest BCUT2D eigenvalue weighted by Crippen LogP contribution is 2.29. The molecule has 3 heteroatoms. The Morgan fingerprint density at radius 3 is 2.61 bits per heavy atom. The Morgan fingerprint density at radius 1 is 1.22 bits per heavy atom. The standard InChI is InChI=1S/C15H25NOS/c1-2-14-7-8-15(18-14)10-16-9-12-5-3-4-6-13(12)11-17/h7-8,12-13,16-17H,2-6,9-11H2,1H3. The maximum Gasteiger partial charge on any atom is 0.0462 e. The monoisotopic (exact) mass is 267 g/mol. The molecule has 1 heterocycles. The maximum atomic E-state index is 9.39. The lowest BCUT2D eigenvalue weighted by Crippen LogP contribution is -2.32. The number of thiophene rings is 1. The predicted octanol–water partition coefficient (Wildman–Crippen LogP) is 3.20. The van der Waals surface area contributed by atoms with Crippen LogP contribution in [0.4, 0.5) is 0 Å². The average Bonchev–Trinajstić information content (AvgIpc) is 2.87. The van der Waals surface area contributed by atoms with Crippen LogP contribution < -0.4 is 5.32 Å². The van der Waals surface area contributed by atoms with Gasteiger partial charge in [0.05, 0.1) is 0 Å². The summed E-state index contributed by atoms with van der Waals surface area (Å²) in [6.07, 6.45) is 6.26. The zero-order valence-corrected chi connectivity index (χ0v) is 12.1. The molecule has 2 atom stereocenters. The second-order valence-corrected chi connectivity index (χ2v) is 6.59. The fourth-order valence-electron chi connectivity index (χ4n) is 2.88. The van der Waals surface area contributed by atoms with Crippen molar-refractivity contribution in [1.82, 2.24) is 5.32 Å². The first-order valence-corrected chi connectivity index (χ1v) is 8.04. The van der Waals surface area contributed by atoms with E-state index in [1.54, 1.807) is 0 Å². The van der Waals surface area contributed by atoms with Crippen LogP contribution in [0.1, 0.15) is 42.4 Å². The Labute approximate surface area is 114 Å². The lowest BCUT2D eigenvalue weighted by Gasteiger charge is -2.30. The quantitative estimate of drug-likeness (QED) is 0.829. The van der Waals surface area contributed by atoms with E-state index in [-0.39, 0.29) is 0 Å². The molecule has 2 unspecified atom stereocenters. The van der Waals surface area contributed by atoms with E-state index in [0.29, 0.717) is 18.4 Å². The van der Waals surface area contributed by atoms with Gasteiger partial charge in [0.1, 0.15) is 0 Å². The molecule has 0 saturated heterocycles. The van der Waals surface area contributed by atoms with E-state index in [9.17, 15) is 5.11 Å². The van der Waals surface area contributed by atoms with Crippen LogP contribution in [0.2, 0.25) is 0 Å². The number of aryl methyl sites for hydroxylation is 1. The second-order valence-electron chi connectivity index (χ2n) is 5.34. The zero-order valence-electron chi connectivity index (χ0n) is 11.3. The molecular formula is C15H25NOS. The minimum Gasteiger partial charge on any atom is -0.396 e. The van der Waals surface area contributed by atoms with E-state index >= 15 is 0 Å². The molecule has 2 nitrogen and oxygen atoms in total. The normalized spacial score (nSPS) is 24.3. The van der Waals surface area contributed by atoms with Gasteiger partial charge in [-0.25, -0.2) is 0 Å². The molecule has 0 spiro atoms. The average molecular weight is 267 g/mol. The fourth-order valence-corrected chi connectivity index (χ4v) is 3.81. The van der Waals surface area contributed by atoms with E-state index in [2.05, 4.69) is 24.4 Å². The van der Waals surface area contributed by atoms with E-state index in [0.717, 1.165) is 19.5 Å². The first-order chi connectivity index (χ1) is 8.83. The summed E-state index contributed by atoms with van der Waals surface area (Å²) in [6.45, 7) is 4.62. The summed E-state index contributed by atoms with van der Waals surface area (Å²) in [4.78, 5) is 2.90. The minimum absolute atomic E-state index is 0.366. The van der Waals surface area contributed by atoms with Crippen molar-refractivity contribution in [3.8, 4) is 0 Å². The van der Waals surface area contributed by atoms with Crippen LogP contribution in [0.3, 0.4) is 0 Å². The zero-order chi connectivity index (χ0) is 12.8. The number of aliphatic hydroxyl groups excluding tert-OH is 1. The van der Waals surface area contributed by atoms with Crippen LogP contribution in [-0.4, -0.2) is 18.3 Å². The number of nitrogens with one attached hydrogen (secondary N) is 1. The Morgan fingerprint density at radius 2 is 1.94 bits per heavy atom. The second kappa shape index (κ2) is 7.27. The molecule has 1 fully saturated rings. The van der Waals surface area contributed by atoms with Crippen molar-refractivity contribution in [3.63, 3.8) is 0 Å². The molecule has 2 N–H and O–H groups in total. The van der Waals surface area contributed by atoms with Crippen LogP contribution in [0, 0.1) is 11.8 Å². The molecule has 1 aromatic heterocycles. The summed E-state index contributed by atoms with van der Waals surface area (Å²) in [5.41, 5.74) is 0. The highest BCUT2D eigenvalue weighted by molar-refractivity contribution is 7.11. The third-order valence-corrected chi connectivity index (χ3v) is 5.30. The summed E-state index contributed by atoms with van der Waals surface area (Å²) in [6, 6.07) is 4.47. The molecule has 1 aromatic rings. The van der Waals surface area contributed by atoms with Crippen LogP contribution >= 0.6 is 11.3 Å². The largest absolute Gasteiger partial charge is 0.396 e. The number of rotatable bonds is 6. The molecule has 102 valence electrons. The third kappa shape index (κ3) is 3.81. The molecule has 18 heavy (non-hydrogen) atoms. The van der Waals surface area contributed by atoms with Gasteiger partial charge in [-0.1, -0.05) is 19.8 Å². The summed E-state index contributed by atoms with van der Waals surface area (Å²) >= 11 is 1.91. The van der Waals surface area contributed by atoms with Crippen LogP contribution in [0.5, 0.6) is 0 Å². The van der Waals surface area contributed by atoms with Gasteiger partial charge in [-0.2, -0.15) is 0 Å². The molecule has 1 aliphatic rings. The van der Waals surface area contributed by atoms with E-state index < -0.39 is 0 Å². The van der Waals surface area contributed by atoms with Gasteiger partial charge in [0.2, 0.25) is 0 Å². The van der Waals surface area contributed by atoms with Gasteiger partial charge in [0.25, 0.3) is 0 Å². The Balaban J connectivity index is 1.73. The topological polar surface area (TPSA) is 32.3 Å². The predicted molar refractivity (Wildman–Crippen MR) is 77.9 cm³/mol. The molecule has 1 saturated carbocycles. The van der Waals surface area contributed by atoms with Crippen molar-refractivity contribution < 1.29 is 5.11 Å². The number of hydrogen-bond acceptors (Lipinski definition) is 3. The van der Waals surface area contributed by atoms with Crippen LogP contribution in [0.25, 0.3) is 0 Å². The molecule has 0 radical (unpaired) electrons. The lowest BCUT2D eigenvalue weighted by molar-refractivity contribution is 0.133. The van der Waals surface area contributed by atoms with Gasteiger partial charge in [-0.05, 0) is 49.8 Å². The van der Waals surface area contributed by atoms with E-state index in [4.69, 9.17) is 0 Å². The van der Waals surface area contributed by atoms with Crippen molar-refractivity contribution in [1.29, 1.82) is 0 Å². The third-order valence-electron chi connectivity index (χ3n) is 4.07. The molecular weight excluding hydrogens is 242 g/mol. The summed E-state index contributed by atoms with van der Waals surface area (Å²) in [5, 5.41) is 13.0. The molecule has 0 aromatic carbocycles. The van der Waals surface area contributed by atoms with E-state index in [1.165, 1.54) is 35.4 Å². The van der Waals surface area contributed by atoms with Crippen molar-refractivity contribution >= 4 is 11.3 Å². The van der Waals surface area contributed by atoms with Gasteiger partial charge >= 0.3 is 0 Å². The molecule has 0 amide bonds. The highest BCUT2D eigenvalue weighted by Gasteiger charge is 2.23. The fraction of sp³-hybridized carbons (Fsp3) is 0.733. The van der Waals surface area contributed by atoms with Crippen molar-refractivity contribution in [2.75, 3.05) is 13.2 Å². The van der Waals surface area contributed by atoms with Crippen molar-refractivity contribution in [3.05, 3.63) is 21.9 Å². The summed E-state index contributed by atoms with van der Waals surface area (Å²) < 4.78 is 0. The summed E-state index contributed by atoms with van der Waals surface area (Å²) in [5.74, 6) is 1.20. The lowest BCUT2D eigenvalue weighted by atomic mass is 9.79. The Hall–Kier alpha value is -0.380. The molecule has 1 aliphatic carbocycles. The van der Waals surface area contributed by atoms with Crippen LogP contribution in [0.15, 0.2) is 12.1 Å². The molecule has 0 bridgehead atoms. The number of hydrogen-bond donors (Lipinski definition) is 2. The molecule has 0 aliphatic heterocycles. The first-order valence-electron chi connectivity index (χ1n) is 7.22. The molecule has 2 rings (SSSR count). The smallest absolute Gasteiger partial charge is 0.0462 e. The highest BCUT2D eigenvalue weighted by atomic mass is 32.1.